The number of nitriles is 1. The van der Waals surface area contributed by atoms with Crippen molar-refractivity contribution in [2.45, 2.75) is 11.0 Å². The highest BCUT2D eigenvalue weighted by atomic mass is 32.2. The van der Waals surface area contributed by atoms with Crippen LogP contribution in [0.5, 0.6) is 5.75 Å². The number of amides is 1. The van der Waals surface area contributed by atoms with Gasteiger partial charge in [-0.2, -0.15) is 5.26 Å². The van der Waals surface area contributed by atoms with E-state index in [1.54, 1.807) is 12.1 Å². The van der Waals surface area contributed by atoms with Crippen LogP contribution in [0.3, 0.4) is 0 Å². The third-order valence-corrected chi connectivity index (χ3v) is 6.77. The van der Waals surface area contributed by atoms with Gasteiger partial charge < -0.3 is 10.1 Å². The summed E-state index contributed by atoms with van der Waals surface area (Å²) in [6, 6.07) is 17.3. The summed E-state index contributed by atoms with van der Waals surface area (Å²) in [5, 5.41) is 11.4. The first kappa shape index (κ1) is 17.7. The predicted molar refractivity (Wildman–Crippen MR) is 104 cm³/mol. The van der Waals surface area contributed by atoms with E-state index in [4.69, 9.17) is 10.00 Å². The van der Waals surface area contributed by atoms with Gasteiger partial charge in [0.25, 0.3) is 5.91 Å². The Labute approximate surface area is 156 Å². The first-order chi connectivity index (χ1) is 12.2. The van der Waals surface area contributed by atoms with Gasteiger partial charge in [-0.1, -0.05) is 24.3 Å². The number of rotatable bonds is 6. The molecule has 2 aromatic rings. The molecule has 0 saturated carbocycles. The van der Waals surface area contributed by atoms with Crippen molar-refractivity contribution in [1.29, 1.82) is 5.26 Å². The Morgan fingerprint density at radius 1 is 1.12 bits per heavy atom. The predicted octanol–water partition coefficient (Wildman–Crippen LogP) is 4.25. The van der Waals surface area contributed by atoms with Gasteiger partial charge in [-0.15, -0.1) is 23.5 Å². The van der Waals surface area contributed by atoms with Crippen LogP contribution in [0.2, 0.25) is 0 Å². The van der Waals surface area contributed by atoms with E-state index in [1.165, 1.54) is 17.1 Å². The fraction of sp³-hybridized carbons (Fsp3) is 0.263. The molecule has 1 aliphatic heterocycles. The molecule has 128 valence electrons. The van der Waals surface area contributed by atoms with Gasteiger partial charge in [0.15, 0.2) is 6.61 Å². The van der Waals surface area contributed by atoms with E-state index in [-0.39, 0.29) is 12.5 Å². The molecule has 1 N–H and O–H groups in total. The molecule has 3 rings (SSSR count). The van der Waals surface area contributed by atoms with Crippen molar-refractivity contribution in [3.63, 3.8) is 0 Å². The molecule has 2 aromatic carbocycles. The number of nitrogens with one attached hydrogen (secondary N) is 1. The highest BCUT2D eigenvalue weighted by molar-refractivity contribution is 8.19. The summed E-state index contributed by atoms with van der Waals surface area (Å²) in [4.78, 5) is 12.0. The van der Waals surface area contributed by atoms with Crippen LogP contribution < -0.4 is 10.1 Å². The van der Waals surface area contributed by atoms with E-state index >= 15 is 0 Å². The van der Waals surface area contributed by atoms with Gasteiger partial charge in [0.2, 0.25) is 0 Å². The molecule has 0 atom stereocenters. The monoisotopic (exact) mass is 370 g/mol. The summed E-state index contributed by atoms with van der Waals surface area (Å²) in [6.07, 6.45) is 0.366. The summed E-state index contributed by atoms with van der Waals surface area (Å²) < 4.78 is 6.07. The second kappa shape index (κ2) is 8.84. The molecule has 4 nitrogen and oxygen atoms in total. The molecular weight excluding hydrogens is 352 g/mol. The average Bonchev–Trinajstić information content (AvgIpc) is 3.17. The van der Waals surface area contributed by atoms with Gasteiger partial charge in [0.05, 0.1) is 17.1 Å². The van der Waals surface area contributed by atoms with E-state index in [1.807, 2.05) is 47.8 Å². The van der Waals surface area contributed by atoms with Crippen LogP contribution in [-0.4, -0.2) is 24.0 Å². The van der Waals surface area contributed by atoms with Crippen molar-refractivity contribution >= 4 is 35.1 Å². The van der Waals surface area contributed by atoms with Crippen LogP contribution in [0.15, 0.2) is 48.5 Å². The minimum Gasteiger partial charge on any atom is -0.484 e. The van der Waals surface area contributed by atoms with E-state index in [9.17, 15) is 4.79 Å². The fourth-order valence-electron chi connectivity index (χ4n) is 2.42. The topological polar surface area (TPSA) is 62.1 Å². The van der Waals surface area contributed by atoms with E-state index < -0.39 is 0 Å². The smallest absolute Gasteiger partial charge is 0.262 e. The minimum atomic E-state index is -0.209. The summed E-state index contributed by atoms with van der Waals surface area (Å²) in [5.74, 6) is 2.88. The second-order valence-corrected chi connectivity index (χ2v) is 8.24. The number of benzene rings is 2. The quantitative estimate of drug-likeness (QED) is 0.824. The molecule has 0 aromatic heterocycles. The molecule has 1 heterocycles. The van der Waals surface area contributed by atoms with Crippen LogP contribution in [0.1, 0.15) is 15.7 Å². The first-order valence-corrected chi connectivity index (χ1v) is 10.1. The molecule has 1 aliphatic rings. The largest absolute Gasteiger partial charge is 0.484 e. The lowest BCUT2D eigenvalue weighted by molar-refractivity contribution is -0.118. The van der Waals surface area contributed by atoms with Crippen molar-refractivity contribution in [3.05, 3.63) is 59.7 Å². The first-order valence-electron chi connectivity index (χ1n) is 7.96. The lowest BCUT2D eigenvalue weighted by Gasteiger charge is -2.10. The lowest BCUT2D eigenvalue weighted by atomic mass is 10.1. The van der Waals surface area contributed by atoms with Gasteiger partial charge in [-0.25, -0.2) is 0 Å². The third-order valence-electron chi connectivity index (χ3n) is 3.66. The number of carbonyl (C=O) groups excluding carboxylic acids is 1. The van der Waals surface area contributed by atoms with Crippen molar-refractivity contribution < 1.29 is 9.53 Å². The maximum absolute atomic E-state index is 12.0. The molecule has 1 fully saturated rings. The molecule has 25 heavy (non-hydrogen) atoms. The number of hydrogen-bond acceptors (Lipinski definition) is 5. The van der Waals surface area contributed by atoms with Crippen LogP contribution in [0, 0.1) is 11.3 Å². The Balaban J connectivity index is 1.47. The maximum Gasteiger partial charge on any atom is 0.262 e. The van der Waals surface area contributed by atoms with Gasteiger partial charge in [-0.3, -0.25) is 4.79 Å². The molecular formula is C19H18N2O2S2. The van der Waals surface area contributed by atoms with E-state index in [0.717, 1.165) is 5.56 Å². The Morgan fingerprint density at radius 3 is 2.44 bits per heavy atom. The van der Waals surface area contributed by atoms with Gasteiger partial charge in [-0.05, 0) is 35.4 Å². The number of thioether (sulfide) groups is 2. The molecule has 1 saturated heterocycles. The number of anilines is 1. The Kier molecular flexibility index (Phi) is 6.26. The second-order valence-electron chi connectivity index (χ2n) is 5.51. The van der Waals surface area contributed by atoms with E-state index in [0.29, 0.717) is 22.4 Å². The summed E-state index contributed by atoms with van der Waals surface area (Å²) in [6.45, 7) is -0.0355. The van der Waals surface area contributed by atoms with Crippen LogP contribution in [-0.2, 0) is 11.2 Å². The van der Waals surface area contributed by atoms with Gasteiger partial charge in [0.1, 0.15) is 5.75 Å². The Morgan fingerprint density at radius 2 is 1.80 bits per heavy atom. The van der Waals surface area contributed by atoms with Crippen molar-refractivity contribution in [2.75, 3.05) is 23.4 Å². The SMILES string of the molecule is N#CCc1ccc(NC(=O)COc2ccc(C3SCCS3)cc2)cc1. The Bertz CT molecular complexity index is 748. The lowest BCUT2D eigenvalue weighted by Crippen LogP contribution is -2.20. The highest BCUT2D eigenvalue weighted by Crippen LogP contribution is 2.45. The summed E-state index contributed by atoms with van der Waals surface area (Å²) in [5.41, 5.74) is 2.91. The van der Waals surface area contributed by atoms with Crippen LogP contribution in [0.25, 0.3) is 0 Å². The number of nitrogens with zero attached hydrogens (tertiary/aromatic N) is 1. The fourth-order valence-corrected chi connectivity index (χ4v) is 5.27. The molecule has 1 amide bonds. The van der Waals surface area contributed by atoms with Crippen molar-refractivity contribution in [1.82, 2.24) is 0 Å². The zero-order valence-electron chi connectivity index (χ0n) is 13.6. The van der Waals surface area contributed by atoms with Crippen LogP contribution >= 0.6 is 23.5 Å². The van der Waals surface area contributed by atoms with Crippen molar-refractivity contribution in [2.24, 2.45) is 0 Å². The molecule has 0 unspecified atom stereocenters. The number of carbonyl (C=O) groups is 1. The molecule has 0 radical (unpaired) electrons. The van der Waals surface area contributed by atoms with Gasteiger partial charge in [0, 0.05) is 17.2 Å². The summed E-state index contributed by atoms with van der Waals surface area (Å²) >= 11 is 3.93. The summed E-state index contributed by atoms with van der Waals surface area (Å²) in [7, 11) is 0. The molecule has 0 spiro atoms. The van der Waals surface area contributed by atoms with E-state index in [2.05, 4.69) is 23.5 Å². The van der Waals surface area contributed by atoms with Gasteiger partial charge >= 0.3 is 0 Å². The zero-order chi connectivity index (χ0) is 17.5. The average molecular weight is 370 g/mol. The maximum atomic E-state index is 12.0. The standard InChI is InChI=1S/C19H18N2O2S2/c20-10-9-14-1-5-16(6-2-14)21-18(22)13-23-17-7-3-15(4-8-17)19-24-11-12-25-19/h1-8,19H,9,11-13H2,(H,21,22). The van der Waals surface area contributed by atoms with Crippen LogP contribution in [0.4, 0.5) is 5.69 Å². The Hall–Kier alpha value is -2.10. The third kappa shape index (κ3) is 5.18. The zero-order valence-corrected chi connectivity index (χ0v) is 15.2. The number of ether oxygens (including phenoxy) is 1. The number of hydrogen-bond donors (Lipinski definition) is 1. The highest BCUT2D eigenvalue weighted by Gasteiger charge is 2.17. The molecule has 0 bridgehead atoms. The normalized spacial score (nSPS) is 14.0. The minimum absolute atomic E-state index is 0.0355. The molecule has 6 heteroatoms. The molecule has 0 aliphatic carbocycles. The van der Waals surface area contributed by atoms with Crippen molar-refractivity contribution in [3.8, 4) is 11.8 Å².